The van der Waals surface area contributed by atoms with Crippen LogP contribution >= 0.6 is 27.7 Å². The zero-order chi connectivity index (χ0) is 14.5. The third kappa shape index (κ3) is 3.77. The van der Waals surface area contributed by atoms with E-state index in [0.29, 0.717) is 0 Å². The van der Waals surface area contributed by atoms with Gasteiger partial charge in [0.1, 0.15) is 0 Å². The molecule has 1 aliphatic rings. The molecule has 1 unspecified atom stereocenters. The van der Waals surface area contributed by atoms with Crippen molar-refractivity contribution in [3.8, 4) is 0 Å². The normalized spacial score (nSPS) is 20.1. The van der Waals surface area contributed by atoms with E-state index in [-0.39, 0.29) is 18.0 Å². The molecular weight excluding hydrogens is 336 g/mol. The summed E-state index contributed by atoms with van der Waals surface area (Å²) in [6.07, 6.45) is 4.87. The minimum absolute atomic E-state index is 0.0986. The van der Waals surface area contributed by atoms with Crippen molar-refractivity contribution in [2.24, 2.45) is 5.73 Å². The van der Waals surface area contributed by atoms with E-state index in [1.807, 2.05) is 23.3 Å². The lowest BCUT2D eigenvalue weighted by atomic mass is 10.0. The predicted octanol–water partition coefficient (Wildman–Crippen LogP) is 3.19. The van der Waals surface area contributed by atoms with Crippen molar-refractivity contribution in [2.45, 2.75) is 31.3 Å². The Morgan fingerprint density at radius 3 is 3.10 bits per heavy atom. The number of benzene rings is 1. The van der Waals surface area contributed by atoms with Crippen LogP contribution in [0, 0.1) is 0 Å². The quantitative estimate of drug-likeness (QED) is 0.880. The van der Waals surface area contributed by atoms with Gasteiger partial charge in [-0.3, -0.25) is 4.79 Å². The zero-order valence-corrected chi connectivity index (χ0v) is 14.1. The van der Waals surface area contributed by atoms with Crippen LogP contribution in [0.5, 0.6) is 0 Å². The van der Waals surface area contributed by atoms with Crippen LogP contribution in [0.2, 0.25) is 0 Å². The van der Waals surface area contributed by atoms with Crippen LogP contribution in [-0.2, 0) is 4.79 Å². The molecule has 0 saturated carbocycles. The summed E-state index contributed by atoms with van der Waals surface area (Å²) in [6, 6.07) is 8.04. The highest BCUT2D eigenvalue weighted by Gasteiger charge is 2.32. The first-order valence-electron chi connectivity index (χ1n) is 6.94. The molecule has 1 fully saturated rings. The molecule has 0 spiro atoms. The lowest BCUT2D eigenvalue weighted by Crippen LogP contribution is -2.43. The minimum Gasteiger partial charge on any atom is -0.334 e. The summed E-state index contributed by atoms with van der Waals surface area (Å²) in [5.74, 6) is 1.03. The maximum absolute atomic E-state index is 12.5. The zero-order valence-electron chi connectivity index (χ0n) is 11.7. The highest BCUT2D eigenvalue weighted by Crippen LogP contribution is 2.33. The molecule has 2 N–H and O–H groups in total. The van der Waals surface area contributed by atoms with Crippen molar-refractivity contribution in [3.63, 3.8) is 0 Å². The lowest BCUT2D eigenvalue weighted by molar-refractivity contribution is -0.133. The third-order valence-electron chi connectivity index (χ3n) is 3.72. The van der Waals surface area contributed by atoms with Crippen LogP contribution < -0.4 is 5.73 Å². The van der Waals surface area contributed by atoms with E-state index >= 15 is 0 Å². The number of thioether (sulfide) groups is 1. The van der Waals surface area contributed by atoms with Crippen molar-refractivity contribution in [3.05, 3.63) is 34.3 Å². The van der Waals surface area contributed by atoms with Gasteiger partial charge in [-0.2, -0.15) is 11.8 Å². The van der Waals surface area contributed by atoms with E-state index in [9.17, 15) is 4.79 Å². The largest absolute Gasteiger partial charge is 0.334 e. The van der Waals surface area contributed by atoms with Gasteiger partial charge in [-0.05, 0) is 49.0 Å². The van der Waals surface area contributed by atoms with Gasteiger partial charge < -0.3 is 10.6 Å². The van der Waals surface area contributed by atoms with Crippen LogP contribution in [0.1, 0.15) is 30.9 Å². The van der Waals surface area contributed by atoms with Gasteiger partial charge in [0, 0.05) is 11.0 Å². The van der Waals surface area contributed by atoms with Gasteiger partial charge in [-0.1, -0.05) is 28.1 Å². The SMILES string of the molecule is CSCC[C@@H](N)C(=O)N1CCCC1c1cccc(Br)c1. The Labute approximate surface area is 133 Å². The molecule has 1 aromatic rings. The first kappa shape index (κ1) is 15.9. The van der Waals surface area contributed by atoms with Crippen LogP contribution in [0.25, 0.3) is 0 Å². The second kappa shape index (κ2) is 7.48. The second-order valence-corrected chi connectivity index (χ2v) is 7.03. The van der Waals surface area contributed by atoms with Gasteiger partial charge >= 0.3 is 0 Å². The molecule has 1 aromatic carbocycles. The maximum Gasteiger partial charge on any atom is 0.240 e. The summed E-state index contributed by atoms with van der Waals surface area (Å²) >= 11 is 5.23. The molecule has 0 aliphatic carbocycles. The molecule has 5 heteroatoms. The molecular formula is C15H21BrN2OS. The van der Waals surface area contributed by atoms with Crippen LogP contribution in [0.4, 0.5) is 0 Å². The van der Waals surface area contributed by atoms with Crippen LogP contribution in [-0.4, -0.2) is 35.4 Å². The fraction of sp³-hybridized carbons (Fsp3) is 0.533. The molecule has 20 heavy (non-hydrogen) atoms. The average Bonchev–Trinajstić information content (AvgIpc) is 2.93. The van der Waals surface area contributed by atoms with E-state index in [0.717, 1.165) is 36.0 Å². The van der Waals surface area contributed by atoms with E-state index in [4.69, 9.17) is 5.73 Å². The summed E-state index contributed by atoms with van der Waals surface area (Å²) in [6.45, 7) is 0.822. The Bertz CT molecular complexity index is 469. The number of nitrogens with two attached hydrogens (primary N) is 1. The molecule has 110 valence electrons. The maximum atomic E-state index is 12.5. The van der Waals surface area contributed by atoms with Crippen molar-refractivity contribution in [2.75, 3.05) is 18.6 Å². The van der Waals surface area contributed by atoms with Crippen molar-refractivity contribution < 1.29 is 4.79 Å². The Balaban J connectivity index is 2.09. The number of carbonyl (C=O) groups excluding carboxylic acids is 1. The van der Waals surface area contributed by atoms with Gasteiger partial charge in [0.2, 0.25) is 5.91 Å². The van der Waals surface area contributed by atoms with Crippen molar-refractivity contribution in [1.29, 1.82) is 0 Å². The summed E-state index contributed by atoms with van der Waals surface area (Å²) in [7, 11) is 0. The number of hydrogen-bond acceptors (Lipinski definition) is 3. The number of nitrogens with zero attached hydrogens (tertiary/aromatic N) is 1. The fourth-order valence-electron chi connectivity index (χ4n) is 2.67. The van der Waals surface area contributed by atoms with Gasteiger partial charge in [0.15, 0.2) is 0 Å². The van der Waals surface area contributed by atoms with Gasteiger partial charge in [0.25, 0.3) is 0 Å². The molecule has 1 amide bonds. The van der Waals surface area contributed by atoms with E-state index in [1.165, 1.54) is 5.56 Å². The monoisotopic (exact) mass is 356 g/mol. The molecule has 0 bridgehead atoms. The van der Waals surface area contributed by atoms with Gasteiger partial charge in [-0.25, -0.2) is 0 Å². The summed E-state index contributed by atoms with van der Waals surface area (Å²) < 4.78 is 1.06. The van der Waals surface area contributed by atoms with Crippen molar-refractivity contribution >= 4 is 33.6 Å². The minimum atomic E-state index is -0.366. The third-order valence-corrected chi connectivity index (χ3v) is 4.86. The summed E-state index contributed by atoms with van der Waals surface area (Å²) in [5, 5.41) is 0. The second-order valence-electron chi connectivity index (χ2n) is 5.13. The molecule has 0 aromatic heterocycles. The predicted molar refractivity (Wildman–Crippen MR) is 88.8 cm³/mol. The van der Waals surface area contributed by atoms with Crippen molar-refractivity contribution in [1.82, 2.24) is 4.90 Å². The Kier molecular flexibility index (Phi) is 5.93. The number of carbonyl (C=O) groups is 1. The first-order chi connectivity index (χ1) is 9.63. The number of rotatable bonds is 5. The van der Waals surface area contributed by atoms with Crippen LogP contribution in [0.15, 0.2) is 28.7 Å². The fourth-order valence-corrected chi connectivity index (χ4v) is 3.58. The standard InChI is InChI=1S/C15H21BrN2OS/c1-20-9-7-13(17)15(19)18-8-3-6-14(18)11-4-2-5-12(16)10-11/h2,4-5,10,13-14H,3,6-9,17H2,1H3/t13-,14?/m1/s1. The Hall–Kier alpha value is -0.520. The van der Waals surface area contributed by atoms with Gasteiger partial charge in [0.05, 0.1) is 12.1 Å². The highest BCUT2D eigenvalue weighted by atomic mass is 79.9. The van der Waals surface area contributed by atoms with Gasteiger partial charge in [-0.15, -0.1) is 0 Å². The molecule has 1 saturated heterocycles. The molecule has 1 heterocycles. The molecule has 2 rings (SSSR count). The number of halogens is 1. The van der Waals surface area contributed by atoms with E-state index < -0.39 is 0 Å². The van der Waals surface area contributed by atoms with Crippen LogP contribution in [0.3, 0.4) is 0 Å². The molecule has 3 nitrogen and oxygen atoms in total. The molecule has 0 radical (unpaired) electrons. The van der Waals surface area contributed by atoms with E-state index in [1.54, 1.807) is 11.8 Å². The molecule has 2 atom stereocenters. The number of likely N-dealkylation sites (tertiary alicyclic amines) is 1. The van der Waals surface area contributed by atoms with E-state index in [2.05, 4.69) is 28.1 Å². The smallest absolute Gasteiger partial charge is 0.240 e. The number of amides is 1. The number of hydrogen-bond donors (Lipinski definition) is 1. The topological polar surface area (TPSA) is 46.3 Å². The lowest BCUT2D eigenvalue weighted by Gasteiger charge is -2.28. The summed E-state index contributed by atoms with van der Waals surface area (Å²) in [4.78, 5) is 14.5. The Morgan fingerprint density at radius 1 is 1.60 bits per heavy atom. The highest BCUT2D eigenvalue weighted by molar-refractivity contribution is 9.10. The average molecular weight is 357 g/mol. The molecule has 1 aliphatic heterocycles. The first-order valence-corrected chi connectivity index (χ1v) is 9.12. The summed E-state index contributed by atoms with van der Waals surface area (Å²) in [5.41, 5.74) is 7.24. The Morgan fingerprint density at radius 2 is 2.40 bits per heavy atom.